The molecule has 1 saturated heterocycles. The molecule has 0 aromatic heterocycles. The van der Waals surface area contributed by atoms with E-state index in [2.05, 4.69) is 5.32 Å². The van der Waals surface area contributed by atoms with Gasteiger partial charge in [-0.15, -0.1) is 0 Å². The van der Waals surface area contributed by atoms with Gasteiger partial charge in [0.05, 0.1) is 5.92 Å². The maximum Gasteiger partial charge on any atom is 0.310 e. The number of piperidine rings is 1. The maximum absolute atomic E-state index is 11.9. The highest BCUT2D eigenvalue weighted by Gasteiger charge is 2.59. The average molecular weight is 211 g/mol. The van der Waals surface area contributed by atoms with E-state index in [9.17, 15) is 4.79 Å². The topological polar surface area (TPSA) is 38.3 Å². The first-order valence-electron chi connectivity index (χ1n) is 5.87. The minimum absolute atomic E-state index is 0.0180. The third-order valence-corrected chi connectivity index (χ3v) is 3.48. The van der Waals surface area contributed by atoms with Crippen molar-refractivity contribution >= 4 is 5.97 Å². The fraction of sp³-hybridized carbons (Fsp3) is 0.917. The lowest BCUT2D eigenvalue weighted by Gasteiger charge is -2.25. The van der Waals surface area contributed by atoms with Crippen LogP contribution in [0.15, 0.2) is 0 Å². The number of hydrogen-bond donors (Lipinski definition) is 1. The van der Waals surface area contributed by atoms with Gasteiger partial charge >= 0.3 is 5.97 Å². The number of rotatable bonds is 1. The number of hydrogen-bond acceptors (Lipinski definition) is 3. The van der Waals surface area contributed by atoms with Gasteiger partial charge in [0, 0.05) is 0 Å². The first kappa shape index (κ1) is 10.9. The van der Waals surface area contributed by atoms with E-state index in [-0.39, 0.29) is 17.5 Å². The van der Waals surface area contributed by atoms with Crippen LogP contribution in [0, 0.1) is 11.3 Å². The largest absolute Gasteiger partial charge is 0.460 e. The van der Waals surface area contributed by atoms with Crippen LogP contribution < -0.4 is 5.32 Å². The highest BCUT2D eigenvalue weighted by atomic mass is 16.6. The smallest absolute Gasteiger partial charge is 0.310 e. The van der Waals surface area contributed by atoms with Crippen molar-refractivity contribution in [2.45, 2.75) is 45.6 Å². The van der Waals surface area contributed by atoms with Crippen LogP contribution in [0.5, 0.6) is 0 Å². The molecule has 1 unspecified atom stereocenters. The first-order chi connectivity index (χ1) is 6.93. The van der Waals surface area contributed by atoms with Crippen LogP contribution in [-0.4, -0.2) is 24.7 Å². The van der Waals surface area contributed by atoms with Gasteiger partial charge in [0.1, 0.15) is 5.60 Å². The number of carbonyl (C=O) groups excluding carboxylic acids is 1. The molecule has 0 aromatic carbocycles. The molecular formula is C12H21NO2. The number of esters is 1. The van der Waals surface area contributed by atoms with Crippen molar-refractivity contribution in [3.63, 3.8) is 0 Å². The average Bonchev–Trinajstić information content (AvgIpc) is 2.78. The van der Waals surface area contributed by atoms with Gasteiger partial charge in [-0.1, -0.05) is 0 Å². The predicted octanol–water partition coefficient (Wildman–Crippen LogP) is 1.72. The Morgan fingerprint density at radius 2 is 1.93 bits per heavy atom. The summed E-state index contributed by atoms with van der Waals surface area (Å²) in [6.45, 7) is 7.91. The summed E-state index contributed by atoms with van der Waals surface area (Å²) < 4.78 is 5.43. The minimum Gasteiger partial charge on any atom is -0.460 e. The van der Waals surface area contributed by atoms with Gasteiger partial charge in [-0.25, -0.2) is 0 Å². The summed E-state index contributed by atoms with van der Waals surface area (Å²) >= 11 is 0. The van der Waals surface area contributed by atoms with Crippen LogP contribution in [0.3, 0.4) is 0 Å². The Kier molecular flexibility index (Phi) is 2.53. The fourth-order valence-electron chi connectivity index (χ4n) is 2.53. The molecular weight excluding hydrogens is 190 g/mol. The highest BCUT2D eigenvalue weighted by Crippen LogP contribution is 2.59. The van der Waals surface area contributed by atoms with E-state index >= 15 is 0 Å². The van der Waals surface area contributed by atoms with E-state index in [1.54, 1.807) is 0 Å². The van der Waals surface area contributed by atoms with Crippen LogP contribution >= 0.6 is 0 Å². The zero-order valence-electron chi connectivity index (χ0n) is 9.93. The molecule has 1 aliphatic carbocycles. The Morgan fingerprint density at radius 3 is 2.47 bits per heavy atom. The van der Waals surface area contributed by atoms with Crippen LogP contribution in [0.1, 0.15) is 40.0 Å². The van der Waals surface area contributed by atoms with E-state index in [0.29, 0.717) is 5.41 Å². The quantitative estimate of drug-likeness (QED) is 0.671. The molecule has 2 aliphatic rings. The van der Waals surface area contributed by atoms with E-state index in [0.717, 1.165) is 32.4 Å². The third kappa shape index (κ3) is 2.33. The first-order valence-corrected chi connectivity index (χ1v) is 5.87. The summed E-state index contributed by atoms with van der Waals surface area (Å²) in [7, 11) is 0. The number of ether oxygens (including phenoxy) is 1. The maximum atomic E-state index is 11.9. The van der Waals surface area contributed by atoms with Crippen molar-refractivity contribution in [2.75, 3.05) is 13.1 Å². The lowest BCUT2D eigenvalue weighted by Crippen LogP contribution is -2.32. The van der Waals surface area contributed by atoms with Gasteiger partial charge in [-0.05, 0) is 58.5 Å². The zero-order valence-corrected chi connectivity index (χ0v) is 9.93. The number of nitrogens with one attached hydrogen (secondary N) is 1. The molecule has 0 aromatic rings. The van der Waals surface area contributed by atoms with Gasteiger partial charge in [0.15, 0.2) is 0 Å². The molecule has 1 spiro atoms. The molecule has 2 fully saturated rings. The SMILES string of the molecule is CC(C)(C)OC(=O)C1CC12CCNCC2. The molecule has 3 heteroatoms. The molecule has 15 heavy (non-hydrogen) atoms. The molecule has 0 amide bonds. The van der Waals surface area contributed by atoms with Crippen LogP contribution in [0.4, 0.5) is 0 Å². The third-order valence-electron chi connectivity index (χ3n) is 3.48. The Bertz CT molecular complexity index is 261. The standard InChI is InChI=1S/C12H21NO2/c1-11(2,3)15-10(14)9-8-12(9)4-6-13-7-5-12/h9,13H,4-8H2,1-3H3. The molecule has 1 heterocycles. The van der Waals surface area contributed by atoms with Gasteiger partial charge in [0.2, 0.25) is 0 Å². The Hall–Kier alpha value is -0.570. The summed E-state index contributed by atoms with van der Waals surface area (Å²) in [6.07, 6.45) is 3.32. The van der Waals surface area contributed by atoms with Crippen molar-refractivity contribution in [2.24, 2.45) is 11.3 Å². The normalized spacial score (nSPS) is 28.9. The van der Waals surface area contributed by atoms with Crippen LogP contribution in [-0.2, 0) is 9.53 Å². The molecule has 1 atom stereocenters. The molecule has 3 nitrogen and oxygen atoms in total. The van der Waals surface area contributed by atoms with Gasteiger partial charge < -0.3 is 10.1 Å². The molecule has 0 radical (unpaired) electrons. The molecule has 1 aliphatic heterocycles. The lowest BCUT2D eigenvalue weighted by molar-refractivity contribution is -0.157. The van der Waals surface area contributed by atoms with Gasteiger partial charge in [0.25, 0.3) is 0 Å². The molecule has 0 bridgehead atoms. The summed E-state index contributed by atoms with van der Waals surface area (Å²) in [4.78, 5) is 11.9. The van der Waals surface area contributed by atoms with Crippen LogP contribution in [0.25, 0.3) is 0 Å². The van der Waals surface area contributed by atoms with E-state index in [1.807, 2.05) is 20.8 Å². The van der Waals surface area contributed by atoms with Gasteiger partial charge in [-0.2, -0.15) is 0 Å². The van der Waals surface area contributed by atoms with Crippen molar-refractivity contribution in [1.29, 1.82) is 0 Å². The Morgan fingerprint density at radius 1 is 1.33 bits per heavy atom. The van der Waals surface area contributed by atoms with Crippen molar-refractivity contribution in [1.82, 2.24) is 5.32 Å². The van der Waals surface area contributed by atoms with Crippen molar-refractivity contribution < 1.29 is 9.53 Å². The second-order valence-electron chi connectivity index (χ2n) is 5.90. The molecule has 2 rings (SSSR count). The monoisotopic (exact) mass is 211 g/mol. The second kappa shape index (κ2) is 3.48. The summed E-state index contributed by atoms with van der Waals surface area (Å²) in [5, 5.41) is 3.34. The van der Waals surface area contributed by atoms with Gasteiger partial charge in [-0.3, -0.25) is 4.79 Å². The summed E-state index contributed by atoms with van der Waals surface area (Å²) in [6, 6.07) is 0. The van der Waals surface area contributed by atoms with E-state index < -0.39 is 0 Å². The second-order valence-corrected chi connectivity index (χ2v) is 5.90. The zero-order chi connectivity index (χ0) is 11.1. The lowest BCUT2D eigenvalue weighted by atomic mass is 9.92. The highest BCUT2D eigenvalue weighted by molar-refractivity contribution is 5.77. The Balaban J connectivity index is 1.89. The van der Waals surface area contributed by atoms with Crippen LogP contribution in [0.2, 0.25) is 0 Å². The Labute approximate surface area is 91.6 Å². The van der Waals surface area contributed by atoms with E-state index in [4.69, 9.17) is 4.74 Å². The molecule has 1 N–H and O–H groups in total. The van der Waals surface area contributed by atoms with Crippen molar-refractivity contribution in [3.8, 4) is 0 Å². The summed E-state index contributed by atoms with van der Waals surface area (Å²) in [5.74, 6) is 0.197. The molecule has 1 saturated carbocycles. The predicted molar refractivity (Wildman–Crippen MR) is 58.5 cm³/mol. The fourth-order valence-corrected chi connectivity index (χ4v) is 2.53. The van der Waals surface area contributed by atoms with E-state index in [1.165, 1.54) is 0 Å². The number of carbonyl (C=O) groups is 1. The minimum atomic E-state index is -0.340. The summed E-state index contributed by atoms with van der Waals surface area (Å²) in [5.41, 5.74) is -0.0403. The van der Waals surface area contributed by atoms with Crippen molar-refractivity contribution in [3.05, 3.63) is 0 Å². The molecule has 86 valence electrons.